The van der Waals surface area contributed by atoms with Crippen LogP contribution in [0.3, 0.4) is 0 Å². The van der Waals surface area contributed by atoms with Crippen molar-refractivity contribution in [3.63, 3.8) is 0 Å². The number of rotatable bonds is 6. The van der Waals surface area contributed by atoms with Gasteiger partial charge in [0.25, 0.3) is 5.91 Å². The van der Waals surface area contributed by atoms with E-state index in [1.54, 1.807) is 5.38 Å². The van der Waals surface area contributed by atoms with Crippen molar-refractivity contribution < 1.29 is 28.2 Å². The van der Waals surface area contributed by atoms with Crippen molar-refractivity contribution in [2.75, 3.05) is 18.5 Å². The molecule has 1 aromatic heterocycles. The first kappa shape index (κ1) is 16.0. The number of benzene rings is 1. The zero-order valence-electron chi connectivity index (χ0n) is 11.0. The standard InChI is InChI=1S/C13H10F2N2O4S/c14-8-2-1-7(3-9(8)15)10-6-22-13(16-10)17-11(18)4-21-5-12(19)20/h1-3,6H,4-5H2,(H,19,20)(H,16,17,18). The highest BCUT2D eigenvalue weighted by Crippen LogP contribution is 2.26. The van der Waals surface area contributed by atoms with E-state index in [9.17, 15) is 18.4 Å². The van der Waals surface area contributed by atoms with E-state index in [0.717, 1.165) is 23.5 Å². The summed E-state index contributed by atoms with van der Waals surface area (Å²) in [6.07, 6.45) is 0. The van der Waals surface area contributed by atoms with E-state index in [1.807, 2.05) is 0 Å². The lowest BCUT2D eigenvalue weighted by Gasteiger charge is -2.01. The molecule has 2 aromatic rings. The zero-order valence-corrected chi connectivity index (χ0v) is 11.8. The van der Waals surface area contributed by atoms with Crippen LogP contribution in [0.1, 0.15) is 0 Å². The molecule has 0 saturated carbocycles. The lowest BCUT2D eigenvalue weighted by molar-refractivity contribution is -0.143. The van der Waals surface area contributed by atoms with Crippen molar-refractivity contribution in [2.45, 2.75) is 0 Å². The summed E-state index contributed by atoms with van der Waals surface area (Å²) < 4.78 is 30.6. The van der Waals surface area contributed by atoms with Crippen LogP contribution >= 0.6 is 11.3 Å². The Bertz CT molecular complexity index is 705. The van der Waals surface area contributed by atoms with Crippen LogP contribution in [-0.4, -0.2) is 35.2 Å². The van der Waals surface area contributed by atoms with Gasteiger partial charge in [0, 0.05) is 10.9 Å². The summed E-state index contributed by atoms with van der Waals surface area (Å²) in [4.78, 5) is 25.8. The molecular weight excluding hydrogens is 318 g/mol. The Morgan fingerprint density at radius 3 is 2.73 bits per heavy atom. The average Bonchev–Trinajstić information content (AvgIpc) is 2.90. The number of carbonyl (C=O) groups excluding carboxylic acids is 1. The lowest BCUT2D eigenvalue weighted by Crippen LogP contribution is -2.20. The molecule has 0 aliphatic heterocycles. The molecule has 0 fully saturated rings. The molecule has 22 heavy (non-hydrogen) atoms. The number of anilines is 1. The molecule has 1 heterocycles. The minimum Gasteiger partial charge on any atom is -0.480 e. The van der Waals surface area contributed by atoms with Crippen LogP contribution in [0.4, 0.5) is 13.9 Å². The van der Waals surface area contributed by atoms with Gasteiger partial charge in [0.1, 0.15) is 13.2 Å². The molecule has 1 amide bonds. The average molecular weight is 328 g/mol. The molecule has 0 spiro atoms. The summed E-state index contributed by atoms with van der Waals surface area (Å²) in [5, 5.41) is 12.6. The first-order valence-corrected chi connectivity index (χ1v) is 6.84. The van der Waals surface area contributed by atoms with E-state index in [-0.39, 0.29) is 5.13 Å². The Labute approximate surface area is 127 Å². The fourth-order valence-electron chi connectivity index (χ4n) is 1.51. The van der Waals surface area contributed by atoms with Gasteiger partial charge in [-0.05, 0) is 18.2 Å². The molecule has 0 unspecified atom stereocenters. The van der Waals surface area contributed by atoms with E-state index in [1.165, 1.54) is 6.07 Å². The minimum absolute atomic E-state index is 0.239. The van der Waals surface area contributed by atoms with Gasteiger partial charge in [-0.1, -0.05) is 0 Å². The van der Waals surface area contributed by atoms with Crippen molar-refractivity contribution in [3.05, 3.63) is 35.2 Å². The van der Waals surface area contributed by atoms with Gasteiger partial charge in [0.15, 0.2) is 16.8 Å². The van der Waals surface area contributed by atoms with Gasteiger partial charge in [-0.3, -0.25) is 10.1 Å². The number of nitrogens with one attached hydrogen (secondary N) is 1. The molecule has 2 N–H and O–H groups in total. The minimum atomic E-state index is -1.18. The van der Waals surface area contributed by atoms with Gasteiger partial charge in [0.2, 0.25) is 0 Å². The molecule has 6 nitrogen and oxygen atoms in total. The number of halogens is 2. The molecule has 9 heteroatoms. The second-order valence-corrected chi connectivity index (χ2v) is 4.96. The van der Waals surface area contributed by atoms with E-state index in [4.69, 9.17) is 5.11 Å². The first-order chi connectivity index (χ1) is 10.5. The third kappa shape index (κ3) is 4.30. The van der Waals surface area contributed by atoms with Gasteiger partial charge < -0.3 is 9.84 Å². The second kappa shape index (κ2) is 7.05. The number of carbonyl (C=O) groups is 2. The maximum Gasteiger partial charge on any atom is 0.329 e. The number of aliphatic carboxylic acids is 1. The Kier molecular flexibility index (Phi) is 5.12. The Morgan fingerprint density at radius 2 is 2.05 bits per heavy atom. The molecule has 0 radical (unpaired) electrons. The van der Waals surface area contributed by atoms with Gasteiger partial charge in [-0.2, -0.15) is 0 Å². The summed E-state index contributed by atoms with van der Waals surface area (Å²) in [5.74, 6) is -3.68. The maximum atomic E-state index is 13.2. The molecule has 0 saturated heterocycles. The normalized spacial score (nSPS) is 10.5. The third-order valence-corrected chi connectivity index (χ3v) is 3.18. The van der Waals surface area contributed by atoms with Crippen LogP contribution in [-0.2, 0) is 14.3 Å². The first-order valence-electron chi connectivity index (χ1n) is 5.96. The van der Waals surface area contributed by atoms with Crippen molar-refractivity contribution in [2.24, 2.45) is 0 Å². The number of thiazole rings is 1. The van der Waals surface area contributed by atoms with Crippen LogP contribution < -0.4 is 5.32 Å². The van der Waals surface area contributed by atoms with Crippen LogP contribution in [0.15, 0.2) is 23.6 Å². The predicted molar refractivity (Wildman–Crippen MR) is 74.6 cm³/mol. The van der Waals surface area contributed by atoms with Crippen molar-refractivity contribution in [3.8, 4) is 11.3 Å². The molecule has 2 rings (SSSR count). The maximum absolute atomic E-state index is 13.2. The van der Waals surface area contributed by atoms with Crippen molar-refractivity contribution in [1.82, 2.24) is 4.98 Å². The van der Waals surface area contributed by atoms with E-state index < -0.39 is 36.7 Å². The monoisotopic (exact) mass is 328 g/mol. The van der Waals surface area contributed by atoms with Gasteiger partial charge in [-0.25, -0.2) is 18.6 Å². The van der Waals surface area contributed by atoms with Gasteiger partial charge >= 0.3 is 5.97 Å². The van der Waals surface area contributed by atoms with Crippen LogP contribution in [0.25, 0.3) is 11.3 Å². The molecule has 0 bridgehead atoms. The smallest absolute Gasteiger partial charge is 0.329 e. The number of ether oxygens (including phenoxy) is 1. The summed E-state index contributed by atoms with van der Waals surface area (Å²) in [5.41, 5.74) is 0.753. The largest absolute Gasteiger partial charge is 0.480 e. The number of hydrogen-bond donors (Lipinski definition) is 2. The second-order valence-electron chi connectivity index (χ2n) is 4.10. The van der Waals surface area contributed by atoms with Crippen LogP contribution in [0, 0.1) is 11.6 Å². The Balaban J connectivity index is 1.97. The van der Waals surface area contributed by atoms with E-state index in [2.05, 4.69) is 15.0 Å². The summed E-state index contributed by atoms with van der Waals surface area (Å²) in [6.45, 7) is -1.00. The Morgan fingerprint density at radius 1 is 1.27 bits per heavy atom. The quantitative estimate of drug-likeness (QED) is 0.848. The highest BCUT2D eigenvalue weighted by atomic mass is 32.1. The fraction of sp³-hybridized carbons (Fsp3) is 0.154. The van der Waals surface area contributed by atoms with Crippen LogP contribution in [0.2, 0.25) is 0 Å². The number of carboxylic acids is 1. The van der Waals surface area contributed by atoms with Gasteiger partial charge in [0.05, 0.1) is 5.69 Å². The number of amides is 1. The fourth-order valence-corrected chi connectivity index (χ4v) is 2.24. The molecule has 0 aliphatic rings. The van der Waals surface area contributed by atoms with Crippen molar-refractivity contribution in [1.29, 1.82) is 0 Å². The predicted octanol–water partition coefficient (Wildman–Crippen LogP) is 2.13. The van der Waals surface area contributed by atoms with E-state index >= 15 is 0 Å². The molecule has 0 atom stereocenters. The Hall–Kier alpha value is -2.39. The number of hydrogen-bond acceptors (Lipinski definition) is 5. The highest BCUT2D eigenvalue weighted by Gasteiger charge is 2.10. The molecule has 1 aromatic carbocycles. The summed E-state index contributed by atoms with van der Waals surface area (Å²) in [6, 6.07) is 3.36. The number of nitrogens with zero attached hydrogens (tertiary/aromatic N) is 1. The van der Waals surface area contributed by atoms with Crippen molar-refractivity contribution >= 4 is 28.3 Å². The third-order valence-electron chi connectivity index (χ3n) is 2.42. The zero-order chi connectivity index (χ0) is 16.1. The lowest BCUT2D eigenvalue weighted by atomic mass is 10.2. The molecule has 116 valence electrons. The summed E-state index contributed by atoms with van der Waals surface area (Å²) in [7, 11) is 0. The SMILES string of the molecule is O=C(O)COCC(=O)Nc1nc(-c2ccc(F)c(F)c2)cs1. The molecular formula is C13H10F2N2O4S. The van der Waals surface area contributed by atoms with Crippen LogP contribution in [0.5, 0.6) is 0 Å². The van der Waals surface area contributed by atoms with E-state index in [0.29, 0.717) is 11.3 Å². The topological polar surface area (TPSA) is 88.5 Å². The molecule has 0 aliphatic carbocycles. The highest BCUT2D eigenvalue weighted by molar-refractivity contribution is 7.14. The van der Waals surface area contributed by atoms with Gasteiger partial charge in [-0.15, -0.1) is 11.3 Å². The number of aromatic nitrogens is 1. The summed E-state index contributed by atoms with van der Waals surface area (Å²) >= 11 is 1.09. The number of carboxylic acid groups (broad SMARTS) is 1.